The normalized spacial score (nSPS) is 11.5. The van der Waals surface area contributed by atoms with E-state index in [2.05, 4.69) is 81.1 Å². The Kier molecular flexibility index (Phi) is 7.31. The Bertz CT molecular complexity index is 1470. The Hall–Kier alpha value is -3.35. The lowest BCUT2D eigenvalue weighted by Crippen LogP contribution is -2.24. The molecule has 0 saturated carbocycles. The van der Waals surface area contributed by atoms with Crippen LogP contribution in [0.3, 0.4) is 0 Å². The van der Waals surface area contributed by atoms with Crippen LogP contribution in [0, 0.1) is 0 Å². The quantitative estimate of drug-likeness (QED) is 0.175. The summed E-state index contributed by atoms with van der Waals surface area (Å²) in [4.78, 5) is 18.4. The second-order valence-corrected chi connectivity index (χ2v) is 9.57. The predicted octanol–water partition coefficient (Wildman–Crippen LogP) is 6.56. The lowest BCUT2D eigenvalue weighted by Gasteiger charge is -2.08. The first-order chi connectivity index (χ1) is 17.3. The summed E-state index contributed by atoms with van der Waals surface area (Å²) >= 11 is 1.64. The van der Waals surface area contributed by atoms with Gasteiger partial charge in [0.05, 0.1) is 5.52 Å². The molecule has 6 heteroatoms. The maximum Gasteiger partial charge on any atom is 0.251 e. The summed E-state index contributed by atoms with van der Waals surface area (Å²) in [5, 5.41) is 6.58. The number of para-hydroxylation sites is 2. The fraction of sp³-hybridized carbons (Fsp3) is 0.241. The average molecular weight is 483 g/mol. The number of nitrogens with zero attached hydrogens (tertiary/aromatic N) is 2. The van der Waals surface area contributed by atoms with Gasteiger partial charge in [-0.2, -0.15) is 0 Å². The number of carbonyl (C=O) groups is 1. The van der Waals surface area contributed by atoms with Gasteiger partial charge >= 0.3 is 0 Å². The summed E-state index contributed by atoms with van der Waals surface area (Å²) in [6, 6.07) is 24.7. The molecule has 0 aliphatic rings. The number of aryl methyl sites for hydroxylation is 1. The monoisotopic (exact) mass is 482 g/mol. The minimum absolute atomic E-state index is 0.00244. The highest BCUT2D eigenvalue weighted by Gasteiger charge is 2.12. The van der Waals surface area contributed by atoms with Gasteiger partial charge in [-0.1, -0.05) is 42.8 Å². The van der Waals surface area contributed by atoms with Gasteiger partial charge < -0.3 is 9.88 Å². The summed E-state index contributed by atoms with van der Waals surface area (Å²) in [5.41, 5.74) is 4.15. The highest BCUT2D eigenvalue weighted by Crippen LogP contribution is 2.29. The number of rotatable bonds is 10. The molecule has 35 heavy (non-hydrogen) atoms. The molecule has 5 rings (SSSR count). The number of pyridine rings is 1. The third-order valence-corrected chi connectivity index (χ3v) is 7.27. The second kappa shape index (κ2) is 10.9. The van der Waals surface area contributed by atoms with E-state index in [0.717, 1.165) is 59.1 Å². The van der Waals surface area contributed by atoms with E-state index < -0.39 is 0 Å². The summed E-state index contributed by atoms with van der Waals surface area (Å²) in [6.45, 7) is 4.66. The van der Waals surface area contributed by atoms with Crippen molar-refractivity contribution < 1.29 is 4.79 Å². The van der Waals surface area contributed by atoms with E-state index in [9.17, 15) is 4.79 Å². The summed E-state index contributed by atoms with van der Waals surface area (Å²) in [7, 11) is 0. The van der Waals surface area contributed by atoms with Crippen LogP contribution in [-0.4, -0.2) is 28.5 Å². The number of benzene rings is 3. The highest BCUT2D eigenvalue weighted by atomic mass is 32.2. The maximum absolute atomic E-state index is 12.8. The Labute approximate surface area is 210 Å². The first-order valence-electron chi connectivity index (χ1n) is 12.3. The minimum Gasteiger partial charge on any atom is -0.352 e. The van der Waals surface area contributed by atoms with Crippen molar-refractivity contribution >= 4 is 50.6 Å². The Morgan fingerprint density at radius 1 is 0.886 bits per heavy atom. The SMILES string of the molecule is CCn1c2ccccc2c2cc(C(=O)NCCCCCNSc3cccc4cccnc34)ccc21. The van der Waals surface area contributed by atoms with Crippen molar-refractivity contribution in [2.45, 2.75) is 37.6 Å². The van der Waals surface area contributed by atoms with Gasteiger partial charge in [0.15, 0.2) is 0 Å². The molecule has 2 N–H and O–H groups in total. The zero-order valence-electron chi connectivity index (χ0n) is 20.0. The summed E-state index contributed by atoms with van der Waals surface area (Å²) in [6.07, 6.45) is 4.92. The summed E-state index contributed by atoms with van der Waals surface area (Å²) < 4.78 is 5.75. The topological polar surface area (TPSA) is 59.0 Å². The van der Waals surface area contributed by atoms with E-state index in [1.54, 1.807) is 11.9 Å². The molecule has 0 aliphatic carbocycles. The number of unbranched alkanes of at least 4 members (excludes halogenated alkanes) is 2. The number of carbonyl (C=O) groups excluding carboxylic acids is 1. The molecule has 5 aromatic rings. The van der Waals surface area contributed by atoms with Gasteiger partial charge in [0.25, 0.3) is 5.91 Å². The van der Waals surface area contributed by atoms with Gasteiger partial charge in [0, 0.05) is 63.5 Å². The fourth-order valence-corrected chi connectivity index (χ4v) is 5.44. The Morgan fingerprint density at radius 2 is 1.71 bits per heavy atom. The second-order valence-electron chi connectivity index (χ2n) is 8.64. The molecule has 0 spiro atoms. The number of amides is 1. The number of aromatic nitrogens is 2. The largest absolute Gasteiger partial charge is 0.352 e. The number of hydrogen-bond acceptors (Lipinski definition) is 4. The smallest absolute Gasteiger partial charge is 0.251 e. The standard InChI is InChI=1S/C29H30N4OS/c1-2-33-25-13-5-4-12-23(25)24-20-22(15-16-26(24)33)29(34)31-17-6-3-7-19-32-35-27-14-8-10-21-11-9-18-30-28(21)27/h4-5,8-16,18,20,32H,2-3,6-7,17,19H2,1H3,(H,31,34). The molecular formula is C29H30N4OS. The average Bonchev–Trinajstić information content (AvgIpc) is 3.23. The molecule has 178 valence electrons. The van der Waals surface area contributed by atoms with E-state index in [1.807, 2.05) is 24.4 Å². The van der Waals surface area contributed by atoms with Crippen LogP contribution < -0.4 is 10.0 Å². The van der Waals surface area contributed by atoms with Crippen LogP contribution in [0.2, 0.25) is 0 Å². The van der Waals surface area contributed by atoms with Gasteiger partial charge in [-0.15, -0.1) is 0 Å². The number of nitrogens with one attached hydrogen (secondary N) is 2. The van der Waals surface area contributed by atoms with Gasteiger partial charge in [-0.25, -0.2) is 0 Å². The van der Waals surface area contributed by atoms with Crippen molar-refractivity contribution in [1.82, 2.24) is 19.6 Å². The van der Waals surface area contributed by atoms with Crippen molar-refractivity contribution in [1.29, 1.82) is 0 Å². The van der Waals surface area contributed by atoms with Crippen molar-refractivity contribution in [3.05, 3.63) is 84.6 Å². The predicted molar refractivity (Wildman–Crippen MR) is 147 cm³/mol. The van der Waals surface area contributed by atoms with Crippen molar-refractivity contribution in [3.8, 4) is 0 Å². The third-order valence-electron chi connectivity index (χ3n) is 6.37. The van der Waals surface area contributed by atoms with E-state index >= 15 is 0 Å². The molecule has 2 heterocycles. The van der Waals surface area contributed by atoms with Gasteiger partial charge in [-0.05, 0) is 68.1 Å². The molecule has 3 aromatic carbocycles. The van der Waals surface area contributed by atoms with Crippen LogP contribution in [0.5, 0.6) is 0 Å². The van der Waals surface area contributed by atoms with E-state index in [-0.39, 0.29) is 5.91 Å². The van der Waals surface area contributed by atoms with Crippen LogP contribution in [-0.2, 0) is 6.54 Å². The van der Waals surface area contributed by atoms with E-state index in [1.165, 1.54) is 16.4 Å². The maximum atomic E-state index is 12.8. The first kappa shape index (κ1) is 23.4. The fourth-order valence-electron chi connectivity index (χ4n) is 4.63. The van der Waals surface area contributed by atoms with Crippen molar-refractivity contribution in [2.24, 2.45) is 0 Å². The van der Waals surface area contributed by atoms with Gasteiger partial charge in [0.2, 0.25) is 0 Å². The van der Waals surface area contributed by atoms with E-state index in [4.69, 9.17) is 0 Å². The van der Waals surface area contributed by atoms with Crippen LogP contribution in [0.25, 0.3) is 32.7 Å². The zero-order valence-corrected chi connectivity index (χ0v) is 20.8. The lowest BCUT2D eigenvalue weighted by molar-refractivity contribution is 0.0953. The van der Waals surface area contributed by atoms with E-state index in [0.29, 0.717) is 6.54 Å². The minimum atomic E-state index is -0.00244. The van der Waals surface area contributed by atoms with Crippen LogP contribution >= 0.6 is 11.9 Å². The Morgan fingerprint density at radius 3 is 2.63 bits per heavy atom. The first-order valence-corrected chi connectivity index (χ1v) is 13.1. The molecule has 0 bridgehead atoms. The zero-order chi connectivity index (χ0) is 24.0. The molecule has 0 fully saturated rings. The molecule has 0 saturated heterocycles. The molecule has 2 aromatic heterocycles. The van der Waals surface area contributed by atoms with Crippen molar-refractivity contribution in [2.75, 3.05) is 13.1 Å². The molecule has 0 atom stereocenters. The van der Waals surface area contributed by atoms with Crippen LogP contribution in [0.4, 0.5) is 0 Å². The molecule has 0 aliphatic heterocycles. The van der Waals surface area contributed by atoms with Crippen LogP contribution in [0.15, 0.2) is 83.9 Å². The number of fused-ring (bicyclic) bond motifs is 4. The number of hydrogen-bond donors (Lipinski definition) is 2. The molecule has 1 amide bonds. The van der Waals surface area contributed by atoms with Gasteiger partial charge in [-0.3, -0.25) is 14.5 Å². The third kappa shape index (κ3) is 5.04. The molecule has 5 nitrogen and oxygen atoms in total. The lowest BCUT2D eigenvalue weighted by atomic mass is 10.1. The summed E-state index contributed by atoms with van der Waals surface area (Å²) in [5.74, 6) is -0.00244. The highest BCUT2D eigenvalue weighted by molar-refractivity contribution is 7.97. The van der Waals surface area contributed by atoms with Crippen LogP contribution in [0.1, 0.15) is 36.5 Å². The molecular weight excluding hydrogens is 452 g/mol. The Balaban J connectivity index is 1.08. The molecule has 0 unspecified atom stereocenters. The van der Waals surface area contributed by atoms with Crippen molar-refractivity contribution in [3.63, 3.8) is 0 Å². The molecule has 0 radical (unpaired) electrons. The van der Waals surface area contributed by atoms with Gasteiger partial charge in [0.1, 0.15) is 0 Å².